The first kappa shape index (κ1) is 25.5. The number of amides is 2. The Morgan fingerprint density at radius 1 is 0.969 bits per heavy atom. The van der Waals surface area contributed by atoms with Crippen LogP contribution in [0.2, 0.25) is 0 Å². The maximum absolute atomic E-state index is 12.5. The maximum atomic E-state index is 12.5. The van der Waals surface area contributed by atoms with Gasteiger partial charge in [-0.05, 0) is 48.5 Å². The van der Waals surface area contributed by atoms with E-state index in [-0.39, 0.29) is 18.6 Å². The van der Waals surface area contributed by atoms with Crippen LogP contribution in [0.3, 0.4) is 0 Å². The van der Waals surface area contributed by atoms with Crippen molar-refractivity contribution in [2.45, 2.75) is 66.2 Å². The predicted molar refractivity (Wildman–Crippen MR) is 121 cm³/mol. The molecule has 32 heavy (non-hydrogen) atoms. The van der Waals surface area contributed by atoms with E-state index in [0.29, 0.717) is 32.0 Å². The molecule has 0 N–H and O–H groups in total. The zero-order valence-corrected chi connectivity index (χ0v) is 20.8. The Hall–Kier alpha value is -2.78. The molecule has 0 atom stereocenters. The van der Waals surface area contributed by atoms with E-state index in [1.807, 2.05) is 48.5 Å². The molecule has 0 unspecified atom stereocenters. The summed E-state index contributed by atoms with van der Waals surface area (Å²) in [5, 5.41) is 0. The van der Waals surface area contributed by atoms with Crippen molar-refractivity contribution in [2.24, 2.45) is 0 Å². The van der Waals surface area contributed by atoms with Crippen LogP contribution < -0.4 is 9.64 Å². The second-order valence-electron chi connectivity index (χ2n) is 9.89. The molecule has 1 aliphatic heterocycles. The van der Waals surface area contributed by atoms with Crippen molar-refractivity contribution in [1.29, 1.82) is 0 Å². The molecule has 180 valence electrons. The van der Waals surface area contributed by atoms with Crippen LogP contribution in [-0.4, -0.2) is 83.5 Å². The number of piperazine rings is 1. The van der Waals surface area contributed by atoms with Gasteiger partial charge >= 0.3 is 18.2 Å². The summed E-state index contributed by atoms with van der Waals surface area (Å²) in [5.74, 6) is 0.689. The monoisotopic (exact) mass is 451 g/mol. The van der Waals surface area contributed by atoms with Crippen LogP contribution in [0.5, 0.6) is 6.01 Å². The number of aromatic nitrogens is 2. The van der Waals surface area contributed by atoms with E-state index in [9.17, 15) is 9.59 Å². The molecule has 1 aromatic rings. The van der Waals surface area contributed by atoms with Crippen LogP contribution in [0, 0.1) is 6.92 Å². The highest BCUT2D eigenvalue weighted by Gasteiger charge is 2.29. The number of hydrogen-bond donors (Lipinski definition) is 0. The van der Waals surface area contributed by atoms with Crippen molar-refractivity contribution in [1.82, 2.24) is 19.8 Å². The lowest BCUT2D eigenvalue weighted by molar-refractivity contribution is 0.0236. The van der Waals surface area contributed by atoms with Crippen LogP contribution >= 0.6 is 0 Å². The Balaban J connectivity index is 2.20. The van der Waals surface area contributed by atoms with Gasteiger partial charge in [0.1, 0.15) is 17.0 Å². The normalized spacial score (nSPS) is 14.8. The average molecular weight is 452 g/mol. The van der Waals surface area contributed by atoms with Crippen LogP contribution in [0.15, 0.2) is 0 Å². The molecule has 2 amide bonds. The van der Waals surface area contributed by atoms with Gasteiger partial charge in [-0.3, -0.25) is 0 Å². The minimum atomic E-state index is -0.586. The molecule has 10 nitrogen and oxygen atoms in total. The number of carbonyl (C=O) groups is 2. The van der Waals surface area contributed by atoms with Gasteiger partial charge in [0, 0.05) is 38.8 Å². The largest absolute Gasteiger partial charge is 0.467 e. The van der Waals surface area contributed by atoms with Gasteiger partial charge in [-0.15, -0.1) is 0 Å². The van der Waals surface area contributed by atoms with Gasteiger partial charge in [0.05, 0.1) is 19.3 Å². The van der Waals surface area contributed by atoms with E-state index in [1.165, 1.54) is 12.0 Å². The van der Waals surface area contributed by atoms with Gasteiger partial charge < -0.3 is 28.9 Å². The molecule has 0 bridgehead atoms. The van der Waals surface area contributed by atoms with Crippen LogP contribution in [-0.2, 0) is 16.0 Å². The fourth-order valence-electron chi connectivity index (χ4n) is 3.16. The summed E-state index contributed by atoms with van der Waals surface area (Å²) in [6.45, 7) is 15.3. The summed E-state index contributed by atoms with van der Waals surface area (Å²) in [7, 11) is 3.20. The fourth-order valence-corrected chi connectivity index (χ4v) is 3.16. The number of carbonyl (C=O) groups excluding carboxylic acids is 2. The van der Waals surface area contributed by atoms with E-state index >= 15 is 0 Å². The number of aryl methyl sites for hydroxylation is 1. The molecule has 1 fully saturated rings. The third-order valence-electron chi connectivity index (χ3n) is 4.69. The Kier molecular flexibility index (Phi) is 7.79. The summed E-state index contributed by atoms with van der Waals surface area (Å²) in [6, 6.07) is 0.260. The summed E-state index contributed by atoms with van der Waals surface area (Å²) >= 11 is 0. The van der Waals surface area contributed by atoms with Crippen molar-refractivity contribution in [3.8, 4) is 6.01 Å². The standard InChI is InChI=1S/C22H37N5O5/c1-15-16(14-25(8)19(28)31-21(2,3)4)17(24-18(23-15)30-9)26-10-12-27(13-11-26)20(29)32-22(5,6)7/h10-14H2,1-9H3. The zero-order valence-electron chi connectivity index (χ0n) is 20.8. The summed E-state index contributed by atoms with van der Waals surface area (Å²) < 4.78 is 16.2. The van der Waals surface area contributed by atoms with Crippen LogP contribution in [0.1, 0.15) is 52.8 Å². The molecular weight excluding hydrogens is 414 g/mol. The molecule has 1 aliphatic rings. The number of ether oxygens (including phenoxy) is 3. The smallest absolute Gasteiger partial charge is 0.410 e. The first-order valence-electron chi connectivity index (χ1n) is 10.8. The minimum absolute atomic E-state index is 0.260. The molecule has 2 rings (SSSR count). The Bertz CT molecular complexity index is 823. The number of rotatable bonds is 4. The molecule has 0 aromatic carbocycles. The summed E-state index contributed by atoms with van der Waals surface area (Å²) in [4.78, 5) is 39.1. The first-order valence-corrected chi connectivity index (χ1v) is 10.8. The third-order valence-corrected chi connectivity index (χ3v) is 4.69. The second kappa shape index (κ2) is 9.79. The molecule has 10 heteroatoms. The molecule has 2 heterocycles. The number of hydrogen-bond acceptors (Lipinski definition) is 8. The highest BCUT2D eigenvalue weighted by Crippen LogP contribution is 2.26. The van der Waals surface area contributed by atoms with Crippen molar-refractivity contribution >= 4 is 18.0 Å². The van der Waals surface area contributed by atoms with E-state index < -0.39 is 17.3 Å². The molecule has 0 aliphatic carbocycles. The van der Waals surface area contributed by atoms with Gasteiger partial charge in [-0.25, -0.2) is 14.6 Å². The summed E-state index contributed by atoms with van der Waals surface area (Å²) in [6.07, 6.45) is -0.744. The quantitative estimate of drug-likeness (QED) is 0.688. The lowest BCUT2D eigenvalue weighted by Gasteiger charge is -2.37. The number of nitrogens with zero attached hydrogens (tertiary/aromatic N) is 5. The molecule has 1 aromatic heterocycles. The predicted octanol–water partition coefficient (Wildman–Crippen LogP) is 3.22. The van der Waals surface area contributed by atoms with Crippen molar-refractivity contribution in [3.63, 3.8) is 0 Å². The number of anilines is 1. The van der Waals surface area contributed by atoms with Crippen LogP contribution in [0.25, 0.3) is 0 Å². The Labute approximate surface area is 190 Å². The number of methoxy groups -OCH3 is 1. The van der Waals surface area contributed by atoms with Crippen molar-refractivity contribution in [2.75, 3.05) is 45.2 Å². The maximum Gasteiger partial charge on any atom is 0.410 e. The van der Waals surface area contributed by atoms with Crippen LogP contribution in [0.4, 0.5) is 15.4 Å². The second-order valence-corrected chi connectivity index (χ2v) is 9.89. The molecule has 0 saturated carbocycles. The van der Waals surface area contributed by atoms with E-state index in [1.54, 1.807) is 11.9 Å². The SMILES string of the molecule is COc1nc(C)c(CN(C)C(=O)OC(C)(C)C)c(N2CCN(C(=O)OC(C)(C)C)CC2)n1. The van der Waals surface area contributed by atoms with Gasteiger partial charge in [0.25, 0.3) is 0 Å². The van der Waals surface area contributed by atoms with E-state index in [4.69, 9.17) is 14.2 Å². The summed E-state index contributed by atoms with van der Waals surface area (Å²) in [5.41, 5.74) is 0.407. The lowest BCUT2D eigenvalue weighted by atomic mass is 10.1. The Morgan fingerprint density at radius 2 is 1.53 bits per heavy atom. The first-order chi connectivity index (χ1) is 14.7. The fraction of sp³-hybridized carbons (Fsp3) is 0.727. The van der Waals surface area contributed by atoms with E-state index in [0.717, 1.165) is 11.3 Å². The van der Waals surface area contributed by atoms with Gasteiger partial charge in [-0.2, -0.15) is 4.98 Å². The highest BCUT2D eigenvalue weighted by atomic mass is 16.6. The molecular formula is C22H37N5O5. The lowest BCUT2D eigenvalue weighted by Crippen LogP contribution is -2.50. The molecule has 0 radical (unpaired) electrons. The zero-order chi connectivity index (χ0) is 24.3. The molecule has 0 spiro atoms. The molecule has 1 saturated heterocycles. The van der Waals surface area contributed by atoms with E-state index in [2.05, 4.69) is 14.9 Å². The van der Waals surface area contributed by atoms with Crippen molar-refractivity contribution in [3.05, 3.63) is 11.3 Å². The Morgan fingerprint density at radius 3 is 2.03 bits per heavy atom. The minimum Gasteiger partial charge on any atom is -0.467 e. The third kappa shape index (κ3) is 7.13. The van der Waals surface area contributed by atoms with Crippen molar-refractivity contribution < 1.29 is 23.8 Å². The average Bonchev–Trinajstić information content (AvgIpc) is 2.66. The van der Waals surface area contributed by atoms with Gasteiger partial charge in [0.15, 0.2) is 0 Å². The topological polar surface area (TPSA) is 97.3 Å². The van der Waals surface area contributed by atoms with Gasteiger partial charge in [0.2, 0.25) is 0 Å². The highest BCUT2D eigenvalue weighted by molar-refractivity contribution is 5.69. The van der Waals surface area contributed by atoms with Gasteiger partial charge in [-0.1, -0.05) is 0 Å².